The molecule has 1 fully saturated rings. The number of aromatic nitrogens is 5. The summed E-state index contributed by atoms with van der Waals surface area (Å²) < 4.78 is 7.44. The van der Waals surface area contributed by atoms with Crippen molar-refractivity contribution >= 4 is 16.3 Å². The summed E-state index contributed by atoms with van der Waals surface area (Å²) in [6.07, 6.45) is 5.64. The zero-order valence-electron chi connectivity index (χ0n) is 10.1. The number of rotatable bonds is 2. The quantitative estimate of drug-likeness (QED) is 0.715. The van der Waals surface area contributed by atoms with Gasteiger partial charge in [-0.3, -0.25) is 4.98 Å². The van der Waals surface area contributed by atoms with Crippen molar-refractivity contribution in [3.05, 3.63) is 30.4 Å². The molecule has 3 aromatic rings. The first-order valence-corrected chi connectivity index (χ1v) is 6.97. The normalized spacial score (nSPS) is 19.3. The Morgan fingerprint density at radius 1 is 1.37 bits per heavy atom. The molecular formula is C12H11N5OS. The van der Waals surface area contributed by atoms with Crippen LogP contribution < -0.4 is 0 Å². The van der Waals surface area contributed by atoms with E-state index in [1.165, 1.54) is 11.3 Å². The Labute approximate surface area is 113 Å². The average molecular weight is 273 g/mol. The van der Waals surface area contributed by atoms with Crippen LogP contribution in [-0.4, -0.2) is 31.4 Å². The predicted molar refractivity (Wildman–Crippen MR) is 69.8 cm³/mol. The summed E-state index contributed by atoms with van der Waals surface area (Å²) in [5.41, 5.74) is 0.997. The molecule has 0 radical (unpaired) electrons. The van der Waals surface area contributed by atoms with Crippen molar-refractivity contribution in [2.45, 2.75) is 18.9 Å². The fraction of sp³-hybridized carbons (Fsp3) is 0.333. The molecule has 1 atom stereocenters. The number of ether oxygens (including phenoxy) is 1. The lowest BCUT2D eigenvalue weighted by Crippen LogP contribution is -2.03. The Balaban J connectivity index is 1.80. The average Bonchev–Trinajstić information content (AvgIpc) is 3.15. The van der Waals surface area contributed by atoms with Crippen molar-refractivity contribution in [1.82, 2.24) is 24.8 Å². The molecule has 3 aromatic heterocycles. The molecule has 0 saturated carbocycles. The van der Waals surface area contributed by atoms with E-state index in [0.717, 1.165) is 40.8 Å². The Bertz CT molecular complexity index is 701. The van der Waals surface area contributed by atoms with Gasteiger partial charge in [0.05, 0.1) is 0 Å². The Hall–Kier alpha value is -1.86. The first-order valence-electron chi connectivity index (χ1n) is 6.16. The number of nitrogens with zero attached hydrogens (tertiary/aromatic N) is 5. The lowest BCUT2D eigenvalue weighted by Gasteiger charge is -2.04. The molecule has 0 aromatic carbocycles. The van der Waals surface area contributed by atoms with Crippen LogP contribution in [0.3, 0.4) is 0 Å². The minimum Gasteiger partial charge on any atom is -0.370 e. The van der Waals surface area contributed by atoms with E-state index in [0.29, 0.717) is 0 Å². The van der Waals surface area contributed by atoms with Crippen molar-refractivity contribution in [3.8, 4) is 10.6 Å². The summed E-state index contributed by atoms with van der Waals surface area (Å²) in [5, 5.41) is 13.8. The van der Waals surface area contributed by atoms with Crippen LogP contribution >= 0.6 is 11.3 Å². The number of hydrogen-bond donors (Lipinski definition) is 0. The first kappa shape index (κ1) is 11.0. The van der Waals surface area contributed by atoms with Gasteiger partial charge < -0.3 is 4.74 Å². The Morgan fingerprint density at radius 2 is 2.37 bits per heavy atom. The van der Waals surface area contributed by atoms with E-state index in [2.05, 4.69) is 20.3 Å². The second-order valence-corrected chi connectivity index (χ2v) is 5.36. The highest BCUT2D eigenvalue weighted by Crippen LogP contribution is 2.30. The van der Waals surface area contributed by atoms with Crippen LogP contribution in [0.4, 0.5) is 0 Å². The van der Waals surface area contributed by atoms with Crippen LogP contribution in [0, 0.1) is 0 Å². The van der Waals surface area contributed by atoms with E-state index >= 15 is 0 Å². The Morgan fingerprint density at radius 3 is 3.16 bits per heavy atom. The monoisotopic (exact) mass is 273 g/mol. The third kappa shape index (κ3) is 1.82. The van der Waals surface area contributed by atoms with Crippen molar-refractivity contribution in [1.29, 1.82) is 0 Å². The lowest BCUT2D eigenvalue weighted by molar-refractivity contribution is 0.103. The van der Waals surface area contributed by atoms with E-state index in [9.17, 15) is 0 Å². The third-order valence-corrected chi connectivity index (χ3v) is 4.09. The molecule has 7 heteroatoms. The van der Waals surface area contributed by atoms with Crippen molar-refractivity contribution < 1.29 is 4.74 Å². The largest absolute Gasteiger partial charge is 0.370 e. The molecule has 96 valence electrons. The first-order chi connectivity index (χ1) is 9.42. The molecule has 0 bridgehead atoms. The van der Waals surface area contributed by atoms with Gasteiger partial charge in [0.2, 0.25) is 4.96 Å². The predicted octanol–water partition coefficient (Wildman–Crippen LogP) is 2.10. The van der Waals surface area contributed by atoms with Crippen LogP contribution in [0.1, 0.15) is 24.8 Å². The van der Waals surface area contributed by atoms with Crippen LogP contribution in [0.2, 0.25) is 0 Å². The third-order valence-electron chi connectivity index (χ3n) is 3.14. The molecule has 4 rings (SSSR count). The number of hydrogen-bond acceptors (Lipinski definition) is 6. The second-order valence-electron chi connectivity index (χ2n) is 4.40. The lowest BCUT2D eigenvalue weighted by atomic mass is 10.2. The number of fused-ring (bicyclic) bond motifs is 1. The van der Waals surface area contributed by atoms with E-state index in [4.69, 9.17) is 4.74 Å². The summed E-state index contributed by atoms with van der Waals surface area (Å²) in [5.74, 6) is 0.805. The molecule has 0 amide bonds. The molecule has 0 N–H and O–H groups in total. The van der Waals surface area contributed by atoms with Crippen LogP contribution in [0.25, 0.3) is 15.5 Å². The van der Waals surface area contributed by atoms with Gasteiger partial charge >= 0.3 is 0 Å². The van der Waals surface area contributed by atoms with E-state index in [1.54, 1.807) is 16.9 Å². The van der Waals surface area contributed by atoms with Gasteiger partial charge in [-0.05, 0) is 25.0 Å². The minimum atomic E-state index is 0.0267. The second kappa shape index (κ2) is 4.36. The zero-order chi connectivity index (χ0) is 12.7. The van der Waals surface area contributed by atoms with Gasteiger partial charge in [-0.25, -0.2) is 0 Å². The van der Waals surface area contributed by atoms with Gasteiger partial charge in [0.15, 0.2) is 5.82 Å². The SMILES string of the molecule is c1cncc(-c2nn3c([C@H]4CCCO4)nnc3s2)c1. The van der Waals surface area contributed by atoms with Gasteiger partial charge in [0.25, 0.3) is 0 Å². The number of pyridine rings is 1. The smallest absolute Gasteiger partial charge is 0.235 e. The van der Waals surface area contributed by atoms with Crippen LogP contribution in [0.5, 0.6) is 0 Å². The summed E-state index contributed by atoms with van der Waals surface area (Å²) in [7, 11) is 0. The van der Waals surface area contributed by atoms with E-state index in [-0.39, 0.29) is 6.10 Å². The van der Waals surface area contributed by atoms with Gasteiger partial charge in [0, 0.05) is 24.6 Å². The topological polar surface area (TPSA) is 65.2 Å². The standard InChI is InChI=1S/C12H11N5OS/c1-3-8(7-13-5-1)11-16-17-10(9-4-2-6-18-9)14-15-12(17)19-11/h1,3,5,7,9H,2,4,6H2/t9-/m1/s1. The summed E-state index contributed by atoms with van der Waals surface area (Å²) in [6, 6.07) is 3.89. The molecule has 6 nitrogen and oxygen atoms in total. The molecule has 0 unspecified atom stereocenters. The van der Waals surface area contributed by atoms with E-state index in [1.807, 2.05) is 12.1 Å². The van der Waals surface area contributed by atoms with Crippen molar-refractivity contribution in [3.63, 3.8) is 0 Å². The van der Waals surface area contributed by atoms with Crippen LogP contribution in [-0.2, 0) is 4.74 Å². The summed E-state index contributed by atoms with van der Waals surface area (Å²) >= 11 is 1.51. The molecule has 1 saturated heterocycles. The maximum atomic E-state index is 5.65. The van der Waals surface area contributed by atoms with Gasteiger partial charge in [-0.15, -0.1) is 10.2 Å². The van der Waals surface area contributed by atoms with E-state index < -0.39 is 0 Å². The summed E-state index contributed by atoms with van der Waals surface area (Å²) in [6.45, 7) is 0.791. The molecule has 1 aliphatic heterocycles. The fourth-order valence-corrected chi connectivity index (χ4v) is 3.06. The highest BCUT2D eigenvalue weighted by atomic mass is 32.1. The maximum Gasteiger partial charge on any atom is 0.235 e. The van der Waals surface area contributed by atoms with Gasteiger partial charge in [-0.1, -0.05) is 11.3 Å². The molecule has 0 aliphatic carbocycles. The molecule has 0 spiro atoms. The summed E-state index contributed by atoms with van der Waals surface area (Å²) in [4.78, 5) is 4.91. The molecule has 19 heavy (non-hydrogen) atoms. The maximum absolute atomic E-state index is 5.65. The highest BCUT2D eigenvalue weighted by Gasteiger charge is 2.25. The van der Waals surface area contributed by atoms with Crippen molar-refractivity contribution in [2.24, 2.45) is 0 Å². The van der Waals surface area contributed by atoms with Crippen molar-refractivity contribution in [2.75, 3.05) is 6.61 Å². The van der Waals surface area contributed by atoms with Gasteiger partial charge in [0.1, 0.15) is 11.1 Å². The minimum absolute atomic E-state index is 0.0267. The molecular weight excluding hydrogens is 262 g/mol. The molecule has 4 heterocycles. The molecule has 1 aliphatic rings. The Kier molecular flexibility index (Phi) is 2.52. The fourth-order valence-electron chi connectivity index (χ4n) is 2.22. The highest BCUT2D eigenvalue weighted by molar-refractivity contribution is 7.19. The van der Waals surface area contributed by atoms with Gasteiger partial charge in [-0.2, -0.15) is 9.61 Å². The van der Waals surface area contributed by atoms with Crippen LogP contribution in [0.15, 0.2) is 24.5 Å². The zero-order valence-corrected chi connectivity index (χ0v) is 10.9.